The smallest absolute Gasteiger partial charge is 0.229 e. The number of aromatic nitrogens is 1. The summed E-state index contributed by atoms with van der Waals surface area (Å²) < 4.78 is 6.29. The third-order valence-electron chi connectivity index (χ3n) is 4.23. The van der Waals surface area contributed by atoms with Gasteiger partial charge in [0.25, 0.3) is 0 Å². The van der Waals surface area contributed by atoms with Crippen molar-refractivity contribution in [3.8, 4) is 5.75 Å². The zero-order valence-corrected chi connectivity index (χ0v) is 19.3. The van der Waals surface area contributed by atoms with E-state index in [2.05, 4.69) is 9.88 Å². The van der Waals surface area contributed by atoms with Crippen molar-refractivity contribution in [3.05, 3.63) is 48.5 Å². The summed E-state index contributed by atoms with van der Waals surface area (Å²) in [5.74, 6) is 1.68. The highest BCUT2D eigenvalue weighted by atomic mass is 35.5. The van der Waals surface area contributed by atoms with Gasteiger partial charge >= 0.3 is 0 Å². The molecule has 3 aromatic rings. The number of ether oxygens (including phenoxy) is 1. The molecular weight excluding hydrogens is 426 g/mol. The van der Waals surface area contributed by atoms with Crippen molar-refractivity contribution in [1.82, 2.24) is 9.88 Å². The molecule has 0 bridgehead atoms. The fraction of sp³-hybridized carbons (Fsp3) is 0.333. The molecule has 156 valence electrons. The number of hydrogen-bond donors (Lipinski definition) is 0. The predicted octanol–water partition coefficient (Wildman–Crippen LogP) is 4.80. The molecule has 0 fully saturated rings. The Hall–Kier alpha value is -1.80. The van der Waals surface area contributed by atoms with Crippen molar-refractivity contribution >= 4 is 56.8 Å². The second kappa shape index (κ2) is 11.4. The van der Waals surface area contributed by atoms with Gasteiger partial charge in [-0.25, -0.2) is 4.98 Å². The minimum atomic E-state index is 0. The van der Waals surface area contributed by atoms with E-state index in [0.717, 1.165) is 38.3 Å². The topological polar surface area (TPSA) is 45.7 Å². The van der Waals surface area contributed by atoms with E-state index in [4.69, 9.17) is 4.74 Å². The van der Waals surface area contributed by atoms with Gasteiger partial charge in [-0.1, -0.05) is 23.5 Å². The first kappa shape index (κ1) is 23.5. The van der Waals surface area contributed by atoms with E-state index in [0.29, 0.717) is 13.0 Å². The van der Waals surface area contributed by atoms with E-state index < -0.39 is 0 Å². The van der Waals surface area contributed by atoms with Crippen LogP contribution in [0.4, 0.5) is 5.13 Å². The van der Waals surface area contributed by atoms with Crippen molar-refractivity contribution in [2.45, 2.75) is 11.3 Å². The Kier molecular flexibility index (Phi) is 9.23. The van der Waals surface area contributed by atoms with Crippen LogP contribution in [0.5, 0.6) is 5.75 Å². The number of thioether (sulfide) groups is 1. The number of amides is 1. The summed E-state index contributed by atoms with van der Waals surface area (Å²) in [5, 5.41) is 0.780. The van der Waals surface area contributed by atoms with Crippen molar-refractivity contribution in [1.29, 1.82) is 0 Å². The summed E-state index contributed by atoms with van der Waals surface area (Å²) >= 11 is 3.25. The van der Waals surface area contributed by atoms with Crippen LogP contribution < -0.4 is 9.64 Å². The van der Waals surface area contributed by atoms with Crippen molar-refractivity contribution in [3.63, 3.8) is 0 Å². The molecule has 0 spiro atoms. The Morgan fingerprint density at radius 1 is 1.10 bits per heavy atom. The number of methoxy groups -OCH3 is 1. The minimum Gasteiger partial charge on any atom is -0.497 e. The highest BCUT2D eigenvalue weighted by Crippen LogP contribution is 2.29. The van der Waals surface area contributed by atoms with Gasteiger partial charge in [0.2, 0.25) is 5.91 Å². The summed E-state index contributed by atoms with van der Waals surface area (Å²) in [4.78, 5) is 22.7. The third kappa shape index (κ3) is 6.60. The first-order valence-electron chi connectivity index (χ1n) is 9.14. The second-order valence-electron chi connectivity index (χ2n) is 6.59. The molecule has 0 aliphatic heterocycles. The van der Waals surface area contributed by atoms with Gasteiger partial charge in [0.05, 0.1) is 17.3 Å². The number of nitrogens with zero attached hydrogens (tertiary/aromatic N) is 3. The van der Waals surface area contributed by atoms with Gasteiger partial charge in [-0.05, 0) is 50.5 Å². The van der Waals surface area contributed by atoms with Gasteiger partial charge in [-0.2, -0.15) is 0 Å². The summed E-state index contributed by atoms with van der Waals surface area (Å²) in [5.41, 5.74) is 0.942. The number of para-hydroxylation sites is 1. The van der Waals surface area contributed by atoms with Crippen molar-refractivity contribution in [2.24, 2.45) is 0 Å². The quantitative estimate of drug-likeness (QED) is 0.437. The lowest BCUT2D eigenvalue weighted by atomic mass is 10.3. The minimum absolute atomic E-state index is 0. The number of anilines is 1. The zero-order chi connectivity index (χ0) is 19.9. The van der Waals surface area contributed by atoms with E-state index in [9.17, 15) is 4.79 Å². The van der Waals surface area contributed by atoms with Crippen LogP contribution in [0.2, 0.25) is 0 Å². The fourth-order valence-corrected chi connectivity index (χ4v) is 4.52. The number of fused-ring (bicyclic) bond motifs is 1. The molecule has 0 radical (unpaired) electrons. The fourth-order valence-electron chi connectivity index (χ4n) is 2.67. The summed E-state index contributed by atoms with van der Waals surface area (Å²) in [6.07, 6.45) is 0.472. The Morgan fingerprint density at radius 2 is 1.83 bits per heavy atom. The van der Waals surface area contributed by atoms with Crippen molar-refractivity contribution in [2.75, 3.05) is 44.9 Å². The molecule has 0 N–H and O–H groups in total. The van der Waals surface area contributed by atoms with E-state index in [1.807, 2.05) is 67.5 Å². The highest BCUT2D eigenvalue weighted by Gasteiger charge is 2.19. The lowest BCUT2D eigenvalue weighted by molar-refractivity contribution is -0.118. The molecule has 1 amide bonds. The zero-order valence-electron chi connectivity index (χ0n) is 16.8. The molecule has 0 aliphatic rings. The van der Waals surface area contributed by atoms with E-state index >= 15 is 0 Å². The number of hydrogen-bond acceptors (Lipinski definition) is 6. The van der Waals surface area contributed by atoms with Crippen LogP contribution in [0.15, 0.2) is 53.4 Å². The molecule has 0 saturated carbocycles. The molecule has 1 heterocycles. The van der Waals surface area contributed by atoms with Gasteiger partial charge < -0.3 is 9.64 Å². The lowest BCUT2D eigenvalue weighted by Gasteiger charge is -2.22. The average Bonchev–Trinajstić information content (AvgIpc) is 3.12. The molecular formula is C21H26ClN3O2S2. The molecule has 0 aliphatic carbocycles. The Labute approximate surface area is 186 Å². The summed E-state index contributed by atoms with van der Waals surface area (Å²) in [7, 11) is 5.69. The average molecular weight is 452 g/mol. The molecule has 0 saturated heterocycles. The second-order valence-corrected chi connectivity index (χ2v) is 8.76. The molecule has 0 unspecified atom stereocenters. The third-order valence-corrected chi connectivity index (χ3v) is 6.30. The molecule has 0 atom stereocenters. The maximum absolute atomic E-state index is 13.0. The maximum atomic E-state index is 13.0. The molecule has 5 nitrogen and oxygen atoms in total. The monoisotopic (exact) mass is 451 g/mol. The first-order chi connectivity index (χ1) is 13.6. The van der Waals surface area contributed by atoms with Gasteiger partial charge in [-0.15, -0.1) is 24.2 Å². The number of halogens is 1. The predicted molar refractivity (Wildman–Crippen MR) is 126 cm³/mol. The van der Waals surface area contributed by atoms with Crippen LogP contribution in [0, 0.1) is 0 Å². The Morgan fingerprint density at radius 3 is 2.48 bits per heavy atom. The van der Waals surface area contributed by atoms with Crippen LogP contribution in [-0.2, 0) is 4.79 Å². The molecule has 3 rings (SSSR count). The van der Waals surface area contributed by atoms with E-state index in [1.54, 1.807) is 30.2 Å². The number of carbonyl (C=O) groups is 1. The number of likely N-dealkylation sites (N-methyl/N-ethyl adjacent to an activating group) is 1. The standard InChI is InChI=1S/C21H25N3O2S2.ClH/c1-23(2)13-14-24(21-22-18-6-4-5-7-19(18)28-21)20(25)12-15-27-17-10-8-16(26-3)9-11-17;/h4-11H,12-15H2,1-3H3;1H. The number of benzene rings is 2. The normalized spacial score (nSPS) is 10.8. The number of carbonyl (C=O) groups excluding carboxylic acids is 1. The maximum Gasteiger partial charge on any atom is 0.229 e. The highest BCUT2D eigenvalue weighted by molar-refractivity contribution is 7.99. The van der Waals surface area contributed by atoms with Crippen molar-refractivity contribution < 1.29 is 9.53 Å². The summed E-state index contributed by atoms with van der Waals surface area (Å²) in [6.45, 7) is 1.44. The van der Waals surface area contributed by atoms with E-state index in [1.165, 1.54) is 0 Å². The van der Waals surface area contributed by atoms with Gasteiger partial charge in [-0.3, -0.25) is 9.69 Å². The Balaban J connectivity index is 0.00000300. The van der Waals surface area contributed by atoms with Crippen LogP contribution in [0.25, 0.3) is 10.2 Å². The van der Waals surface area contributed by atoms with Crippen LogP contribution in [0.3, 0.4) is 0 Å². The molecule has 1 aromatic heterocycles. The first-order valence-corrected chi connectivity index (χ1v) is 10.9. The van der Waals surface area contributed by atoms with Crippen LogP contribution >= 0.6 is 35.5 Å². The van der Waals surface area contributed by atoms with Crippen LogP contribution in [0.1, 0.15) is 6.42 Å². The molecule has 8 heteroatoms. The van der Waals surface area contributed by atoms with Crippen LogP contribution in [-0.4, -0.2) is 55.8 Å². The summed E-state index contributed by atoms with van der Waals surface area (Å²) in [6, 6.07) is 15.9. The largest absolute Gasteiger partial charge is 0.497 e. The molecule has 29 heavy (non-hydrogen) atoms. The van der Waals surface area contributed by atoms with Gasteiger partial charge in [0, 0.05) is 30.2 Å². The SMILES string of the molecule is COc1ccc(SCCC(=O)N(CCN(C)C)c2nc3ccccc3s2)cc1.Cl. The van der Waals surface area contributed by atoms with Gasteiger partial charge in [0.15, 0.2) is 5.13 Å². The Bertz CT molecular complexity index is 883. The number of rotatable bonds is 9. The van der Waals surface area contributed by atoms with E-state index in [-0.39, 0.29) is 18.3 Å². The number of thiazole rings is 1. The van der Waals surface area contributed by atoms with Gasteiger partial charge in [0.1, 0.15) is 5.75 Å². The molecule has 2 aromatic carbocycles. The lowest BCUT2D eigenvalue weighted by Crippen LogP contribution is -2.36.